The lowest BCUT2D eigenvalue weighted by molar-refractivity contribution is 0.0529. The number of nitrogens with zero attached hydrogens (tertiary/aromatic N) is 1. The molecule has 0 aliphatic rings. The fourth-order valence-corrected chi connectivity index (χ4v) is 3.85. The maximum absolute atomic E-state index is 12.6. The van der Waals surface area contributed by atoms with Crippen LogP contribution >= 0.6 is 38.9 Å². The Kier molecular flexibility index (Phi) is 6.26. The molecule has 0 atom stereocenters. The van der Waals surface area contributed by atoms with Gasteiger partial charge in [0.1, 0.15) is 10.6 Å². The maximum atomic E-state index is 12.6. The fourth-order valence-electron chi connectivity index (χ4n) is 2.41. The summed E-state index contributed by atoms with van der Waals surface area (Å²) in [6, 6.07) is 8.78. The van der Waals surface area contributed by atoms with E-state index in [1.54, 1.807) is 31.3 Å². The second-order valence-electron chi connectivity index (χ2n) is 5.43. The number of esters is 1. The molecule has 0 aliphatic carbocycles. The van der Waals surface area contributed by atoms with Gasteiger partial charge >= 0.3 is 5.97 Å². The highest BCUT2D eigenvalue weighted by molar-refractivity contribution is 9.10. The zero-order valence-electron chi connectivity index (χ0n) is 14.2. The van der Waals surface area contributed by atoms with Gasteiger partial charge < -0.3 is 10.1 Å². The molecule has 1 N–H and O–H groups in total. The Morgan fingerprint density at radius 3 is 2.67 bits per heavy atom. The SMILES string of the molecule is CCOC(=O)c1c(-c2ccc(Cl)cc2)csc1NC(=O)c1cncc(Br)c1. The minimum Gasteiger partial charge on any atom is -0.462 e. The Hall–Kier alpha value is -2.22. The van der Waals surface area contributed by atoms with E-state index in [1.165, 1.54) is 17.5 Å². The molecule has 1 aromatic carbocycles. The van der Waals surface area contributed by atoms with Gasteiger partial charge in [-0.05, 0) is 46.6 Å². The molecule has 0 radical (unpaired) electrons. The minimum absolute atomic E-state index is 0.234. The molecular weight excluding hydrogens is 452 g/mol. The molecule has 3 rings (SSSR count). The number of thiophene rings is 1. The number of nitrogens with one attached hydrogen (secondary N) is 1. The first kappa shape index (κ1) is 19.5. The zero-order chi connectivity index (χ0) is 19.4. The number of halogens is 2. The molecule has 2 heterocycles. The summed E-state index contributed by atoms with van der Waals surface area (Å²) < 4.78 is 5.88. The van der Waals surface area contributed by atoms with E-state index < -0.39 is 5.97 Å². The summed E-state index contributed by atoms with van der Waals surface area (Å²) in [6.45, 7) is 1.97. The number of aromatic nitrogens is 1. The van der Waals surface area contributed by atoms with Crippen molar-refractivity contribution in [1.82, 2.24) is 4.98 Å². The summed E-state index contributed by atoms with van der Waals surface area (Å²) >= 11 is 10.5. The van der Waals surface area contributed by atoms with Crippen LogP contribution in [0.5, 0.6) is 0 Å². The van der Waals surface area contributed by atoms with Crippen LogP contribution in [0.1, 0.15) is 27.6 Å². The van der Waals surface area contributed by atoms with Gasteiger partial charge in [0.25, 0.3) is 5.91 Å². The Balaban J connectivity index is 1.98. The molecule has 0 saturated heterocycles. The second-order valence-corrected chi connectivity index (χ2v) is 7.66. The van der Waals surface area contributed by atoms with E-state index in [4.69, 9.17) is 16.3 Å². The van der Waals surface area contributed by atoms with Gasteiger partial charge in [-0.15, -0.1) is 11.3 Å². The molecule has 2 aromatic heterocycles. The number of hydrogen-bond acceptors (Lipinski definition) is 5. The summed E-state index contributed by atoms with van der Waals surface area (Å²) in [4.78, 5) is 29.1. The van der Waals surface area contributed by atoms with Gasteiger partial charge in [-0.25, -0.2) is 4.79 Å². The zero-order valence-corrected chi connectivity index (χ0v) is 17.3. The van der Waals surface area contributed by atoms with Crippen LogP contribution in [0.2, 0.25) is 5.02 Å². The Morgan fingerprint density at radius 1 is 1.26 bits per heavy atom. The van der Waals surface area contributed by atoms with Crippen molar-refractivity contribution in [3.63, 3.8) is 0 Å². The summed E-state index contributed by atoms with van der Waals surface area (Å²) in [5, 5.41) is 5.62. The van der Waals surface area contributed by atoms with Gasteiger partial charge in [0.15, 0.2) is 0 Å². The van der Waals surface area contributed by atoms with Gasteiger partial charge in [-0.1, -0.05) is 23.7 Å². The quantitative estimate of drug-likeness (QED) is 0.494. The third-order valence-electron chi connectivity index (χ3n) is 3.62. The molecule has 0 fully saturated rings. The normalized spacial score (nSPS) is 10.5. The number of carbonyl (C=O) groups is 2. The van der Waals surface area contributed by atoms with E-state index in [1.807, 2.05) is 17.5 Å². The van der Waals surface area contributed by atoms with Crippen LogP contribution in [-0.2, 0) is 4.74 Å². The monoisotopic (exact) mass is 464 g/mol. The maximum Gasteiger partial charge on any atom is 0.341 e. The summed E-state index contributed by atoms with van der Waals surface area (Å²) in [7, 11) is 0. The number of hydrogen-bond donors (Lipinski definition) is 1. The molecule has 0 spiro atoms. The molecule has 0 unspecified atom stereocenters. The Bertz CT molecular complexity index is 989. The van der Waals surface area contributed by atoms with Crippen LogP contribution in [0.15, 0.2) is 52.6 Å². The second kappa shape index (κ2) is 8.65. The van der Waals surface area contributed by atoms with Crippen molar-refractivity contribution < 1.29 is 14.3 Å². The highest BCUT2D eigenvalue weighted by Crippen LogP contribution is 2.37. The van der Waals surface area contributed by atoms with Crippen molar-refractivity contribution in [3.05, 3.63) is 68.7 Å². The predicted octanol–water partition coefficient (Wildman–Crippen LogP) is 5.66. The number of ether oxygens (including phenoxy) is 1. The van der Waals surface area contributed by atoms with E-state index in [-0.39, 0.29) is 12.5 Å². The minimum atomic E-state index is -0.494. The lowest BCUT2D eigenvalue weighted by Crippen LogP contribution is -2.15. The number of anilines is 1. The largest absolute Gasteiger partial charge is 0.462 e. The van der Waals surface area contributed by atoms with Crippen LogP contribution in [0.4, 0.5) is 5.00 Å². The molecule has 0 aliphatic heterocycles. The molecule has 8 heteroatoms. The van der Waals surface area contributed by atoms with E-state index in [9.17, 15) is 9.59 Å². The smallest absolute Gasteiger partial charge is 0.341 e. The van der Waals surface area contributed by atoms with Crippen molar-refractivity contribution in [1.29, 1.82) is 0 Å². The van der Waals surface area contributed by atoms with Crippen molar-refractivity contribution >= 4 is 55.7 Å². The summed E-state index contributed by atoms with van der Waals surface area (Å²) in [5.74, 6) is -0.856. The van der Waals surface area contributed by atoms with Gasteiger partial charge in [0, 0.05) is 32.8 Å². The number of amides is 1. The van der Waals surface area contributed by atoms with E-state index >= 15 is 0 Å². The van der Waals surface area contributed by atoms with Crippen molar-refractivity contribution in [2.45, 2.75) is 6.92 Å². The summed E-state index contributed by atoms with van der Waals surface area (Å²) in [5.41, 5.74) is 2.18. The molecule has 3 aromatic rings. The highest BCUT2D eigenvalue weighted by atomic mass is 79.9. The van der Waals surface area contributed by atoms with E-state index in [0.717, 1.165) is 5.56 Å². The highest BCUT2D eigenvalue weighted by Gasteiger charge is 2.23. The number of benzene rings is 1. The van der Waals surface area contributed by atoms with Crippen molar-refractivity contribution in [3.8, 4) is 11.1 Å². The molecular formula is C19H14BrClN2O3S. The average molecular weight is 466 g/mol. The van der Waals surface area contributed by atoms with Gasteiger partial charge in [0.2, 0.25) is 0 Å². The topological polar surface area (TPSA) is 68.3 Å². The van der Waals surface area contributed by atoms with E-state index in [0.29, 0.717) is 31.2 Å². The lowest BCUT2D eigenvalue weighted by Gasteiger charge is -2.09. The van der Waals surface area contributed by atoms with Crippen LogP contribution in [0, 0.1) is 0 Å². The fraction of sp³-hybridized carbons (Fsp3) is 0.105. The predicted molar refractivity (Wildman–Crippen MR) is 111 cm³/mol. The van der Waals surface area contributed by atoms with Crippen LogP contribution < -0.4 is 5.32 Å². The first-order valence-electron chi connectivity index (χ1n) is 7.96. The first-order chi connectivity index (χ1) is 13.0. The Labute approximate surface area is 173 Å². The van der Waals surface area contributed by atoms with Crippen LogP contribution in [0.25, 0.3) is 11.1 Å². The Morgan fingerprint density at radius 2 is 2.00 bits per heavy atom. The lowest BCUT2D eigenvalue weighted by atomic mass is 10.0. The van der Waals surface area contributed by atoms with Crippen LogP contribution in [0.3, 0.4) is 0 Å². The first-order valence-corrected chi connectivity index (χ1v) is 10.0. The molecule has 138 valence electrons. The van der Waals surface area contributed by atoms with Crippen molar-refractivity contribution in [2.75, 3.05) is 11.9 Å². The van der Waals surface area contributed by atoms with Gasteiger partial charge in [-0.3, -0.25) is 9.78 Å². The number of rotatable bonds is 5. The number of pyridine rings is 1. The average Bonchev–Trinajstić information content (AvgIpc) is 3.06. The molecule has 5 nitrogen and oxygen atoms in total. The van der Waals surface area contributed by atoms with Gasteiger partial charge in [0.05, 0.1) is 12.2 Å². The summed E-state index contributed by atoms with van der Waals surface area (Å²) in [6.07, 6.45) is 3.04. The standard InChI is InChI=1S/C19H14BrClN2O3S/c1-2-26-19(25)16-15(11-3-5-14(21)6-4-11)10-27-18(16)23-17(24)12-7-13(20)9-22-8-12/h3-10H,2H2,1H3,(H,23,24). The third-order valence-corrected chi connectivity index (χ3v) is 5.20. The molecule has 27 heavy (non-hydrogen) atoms. The molecule has 1 amide bonds. The van der Waals surface area contributed by atoms with Crippen LogP contribution in [-0.4, -0.2) is 23.5 Å². The van der Waals surface area contributed by atoms with Gasteiger partial charge in [-0.2, -0.15) is 0 Å². The third kappa shape index (κ3) is 4.55. The number of carbonyl (C=O) groups excluding carboxylic acids is 2. The van der Waals surface area contributed by atoms with E-state index in [2.05, 4.69) is 26.2 Å². The van der Waals surface area contributed by atoms with Crippen molar-refractivity contribution in [2.24, 2.45) is 0 Å². The molecule has 0 saturated carbocycles. The molecule has 0 bridgehead atoms.